The fourth-order valence-corrected chi connectivity index (χ4v) is 4.10. The number of sulfonamides is 1. The first-order valence-corrected chi connectivity index (χ1v) is 11.1. The van der Waals surface area contributed by atoms with E-state index >= 15 is 0 Å². The normalized spacial score (nSPS) is 19.1. The third kappa shape index (κ3) is 7.85. The van der Waals surface area contributed by atoms with Crippen molar-refractivity contribution in [2.24, 2.45) is 10.9 Å². The second kappa shape index (κ2) is 11.1. The van der Waals surface area contributed by atoms with Crippen molar-refractivity contribution >= 4 is 16.0 Å². The van der Waals surface area contributed by atoms with Crippen LogP contribution in [0.3, 0.4) is 0 Å². The number of nitrogens with zero attached hydrogens (tertiary/aromatic N) is 2. The van der Waals surface area contributed by atoms with Gasteiger partial charge in [0, 0.05) is 32.7 Å². The fourth-order valence-electron chi connectivity index (χ4n) is 3.12. The minimum absolute atomic E-state index is 0.103. The van der Waals surface area contributed by atoms with E-state index in [9.17, 15) is 21.6 Å². The number of guanidine groups is 1. The highest BCUT2D eigenvalue weighted by Gasteiger charge is 2.50. The van der Waals surface area contributed by atoms with E-state index < -0.39 is 15.5 Å². The second-order valence-electron chi connectivity index (χ2n) is 7.14. The predicted octanol–water partition coefficient (Wildman–Crippen LogP) is 3.07. The molecule has 0 aromatic carbocycles. The van der Waals surface area contributed by atoms with Crippen molar-refractivity contribution in [2.75, 3.05) is 26.7 Å². The highest BCUT2D eigenvalue weighted by atomic mass is 32.2. The van der Waals surface area contributed by atoms with E-state index in [4.69, 9.17) is 0 Å². The van der Waals surface area contributed by atoms with Crippen LogP contribution in [0.15, 0.2) is 4.99 Å². The van der Waals surface area contributed by atoms with E-state index in [0.29, 0.717) is 29.7 Å². The van der Waals surface area contributed by atoms with Gasteiger partial charge < -0.3 is 10.6 Å². The number of piperidine rings is 1. The molecule has 1 heterocycles. The number of halogens is 3. The Kier molecular flexibility index (Phi) is 9.86. The summed E-state index contributed by atoms with van der Waals surface area (Å²) < 4.78 is 61.2. The summed E-state index contributed by atoms with van der Waals surface area (Å²) in [6.07, 6.45) is 6.65. The van der Waals surface area contributed by atoms with Crippen LogP contribution in [-0.4, -0.2) is 56.9 Å². The molecule has 6 nitrogen and oxygen atoms in total. The monoisotopic (exact) mass is 414 g/mol. The predicted molar refractivity (Wildman–Crippen MR) is 102 cm³/mol. The Bertz CT molecular complexity index is 559. The van der Waals surface area contributed by atoms with Gasteiger partial charge in [0.2, 0.25) is 0 Å². The Hall–Kier alpha value is -1.03. The van der Waals surface area contributed by atoms with Crippen molar-refractivity contribution in [3.8, 4) is 0 Å². The third-order valence-corrected chi connectivity index (χ3v) is 6.49. The molecule has 0 amide bonds. The van der Waals surface area contributed by atoms with Crippen molar-refractivity contribution in [3.63, 3.8) is 0 Å². The molecule has 27 heavy (non-hydrogen) atoms. The molecule has 0 aliphatic carbocycles. The van der Waals surface area contributed by atoms with Crippen LogP contribution >= 0.6 is 0 Å². The van der Waals surface area contributed by atoms with Gasteiger partial charge in [0.1, 0.15) is 0 Å². The SMILES string of the molecule is CCCCCCC(C)NC(=NC)NCC1CCN(S(=O)(=O)C(F)(F)F)CC1. The molecular formula is C17H33F3N4O2S. The van der Waals surface area contributed by atoms with Crippen molar-refractivity contribution in [2.45, 2.75) is 70.3 Å². The van der Waals surface area contributed by atoms with Crippen LogP contribution in [0, 0.1) is 5.92 Å². The van der Waals surface area contributed by atoms with Crippen LogP contribution < -0.4 is 10.6 Å². The quantitative estimate of drug-likeness (QED) is 0.345. The molecule has 0 saturated carbocycles. The Morgan fingerprint density at radius 2 is 1.85 bits per heavy atom. The number of hydrogen-bond acceptors (Lipinski definition) is 3. The fraction of sp³-hybridized carbons (Fsp3) is 0.941. The van der Waals surface area contributed by atoms with Gasteiger partial charge in [0.25, 0.3) is 0 Å². The maximum Gasteiger partial charge on any atom is 0.511 e. The summed E-state index contributed by atoms with van der Waals surface area (Å²) in [5.74, 6) is 0.784. The van der Waals surface area contributed by atoms with E-state index in [1.165, 1.54) is 19.3 Å². The van der Waals surface area contributed by atoms with Gasteiger partial charge in [-0.1, -0.05) is 32.6 Å². The lowest BCUT2D eigenvalue weighted by molar-refractivity contribution is -0.0496. The van der Waals surface area contributed by atoms with Gasteiger partial charge in [-0.05, 0) is 32.1 Å². The second-order valence-corrected chi connectivity index (χ2v) is 9.07. The standard InChI is InChI=1S/C17H33F3N4O2S/c1-4-5-6-7-8-14(2)23-16(21-3)22-13-15-9-11-24(12-10-15)27(25,26)17(18,19)20/h14-15H,4-13H2,1-3H3,(H2,21,22,23). The van der Waals surface area contributed by atoms with Gasteiger partial charge in [-0.2, -0.15) is 17.5 Å². The minimum Gasteiger partial charge on any atom is -0.356 e. The van der Waals surface area contributed by atoms with Crippen LogP contribution in [0.5, 0.6) is 0 Å². The molecule has 1 rings (SSSR count). The summed E-state index contributed by atoms with van der Waals surface area (Å²) in [6, 6.07) is 0.284. The Morgan fingerprint density at radius 1 is 1.22 bits per heavy atom. The maximum atomic E-state index is 12.6. The van der Waals surface area contributed by atoms with Gasteiger partial charge in [0.15, 0.2) is 5.96 Å². The summed E-state index contributed by atoms with van der Waals surface area (Å²) >= 11 is 0. The molecule has 0 bridgehead atoms. The van der Waals surface area contributed by atoms with Gasteiger partial charge in [-0.3, -0.25) is 4.99 Å². The molecule has 1 saturated heterocycles. The highest BCUT2D eigenvalue weighted by Crippen LogP contribution is 2.30. The zero-order chi connectivity index (χ0) is 20.5. The first-order chi connectivity index (χ1) is 12.6. The molecular weight excluding hydrogens is 381 g/mol. The van der Waals surface area contributed by atoms with Gasteiger partial charge in [0.05, 0.1) is 0 Å². The summed E-state index contributed by atoms with van der Waals surface area (Å²) in [4.78, 5) is 4.18. The zero-order valence-electron chi connectivity index (χ0n) is 16.5. The third-order valence-electron chi connectivity index (χ3n) is 4.86. The topological polar surface area (TPSA) is 73.8 Å². The van der Waals surface area contributed by atoms with Crippen LogP contribution in [0.4, 0.5) is 13.2 Å². The summed E-state index contributed by atoms with van der Waals surface area (Å²) in [7, 11) is -3.53. The molecule has 1 aliphatic rings. The molecule has 2 N–H and O–H groups in total. The van der Waals surface area contributed by atoms with Crippen LogP contribution in [0.2, 0.25) is 0 Å². The average Bonchev–Trinajstić information content (AvgIpc) is 2.61. The summed E-state index contributed by atoms with van der Waals surface area (Å²) in [5.41, 5.74) is -5.22. The number of unbranched alkanes of at least 4 members (excludes halogenated alkanes) is 3. The Morgan fingerprint density at radius 3 is 2.37 bits per heavy atom. The molecule has 0 spiro atoms. The molecule has 0 aromatic heterocycles. The van der Waals surface area contributed by atoms with E-state index in [0.717, 1.165) is 12.8 Å². The van der Waals surface area contributed by atoms with Gasteiger partial charge in [-0.25, -0.2) is 8.42 Å². The molecule has 160 valence electrons. The number of hydrogen-bond donors (Lipinski definition) is 2. The molecule has 1 fully saturated rings. The van der Waals surface area contributed by atoms with Gasteiger partial charge >= 0.3 is 15.5 Å². The van der Waals surface area contributed by atoms with E-state index in [-0.39, 0.29) is 25.0 Å². The molecule has 1 unspecified atom stereocenters. The lowest BCUT2D eigenvalue weighted by Gasteiger charge is -2.32. The highest BCUT2D eigenvalue weighted by molar-refractivity contribution is 7.90. The summed E-state index contributed by atoms with van der Waals surface area (Å²) in [6.45, 7) is 4.62. The largest absolute Gasteiger partial charge is 0.511 e. The number of aliphatic imine (C=N–C) groups is 1. The van der Waals surface area contributed by atoms with E-state index in [1.807, 2.05) is 0 Å². The van der Waals surface area contributed by atoms with Crippen molar-refractivity contribution in [1.82, 2.24) is 14.9 Å². The van der Waals surface area contributed by atoms with Crippen LogP contribution in [0.1, 0.15) is 58.8 Å². The number of rotatable bonds is 9. The van der Waals surface area contributed by atoms with Crippen LogP contribution in [0.25, 0.3) is 0 Å². The smallest absolute Gasteiger partial charge is 0.356 e. The first kappa shape index (κ1) is 24.0. The van der Waals surface area contributed by atoms with Gasteiger partial charge in [-0.15, -0.1) is 0 Å². The minimum atomic E-state index is -5.22. The zero-order valence-corrected chi connectivity index (χ0v) is 17.3. The lowest BCUT2D eigenvalue weighted by atomic mass is 9.98. The Balaban J connectivity index is 2.35. The first-order valence-electron chi connectivity index (χ1n) is 9.65. The lowest BCUT2D eigenvalue weighted by Crippen LogP contribution is -2.48. The number of nitrogens with one attached hydrogen (secondary N) is 2. The summed E-state index contributed by atoms with van der Waals surface area (Å²) in [5, 5.41) is 6.52. The van der Waals surface area contributed by atoms with E-state index in [1.54, 1.807) is 7.05 Å². The molecule has 0 radical (unpaired) electrons. The molecule has 0 aromatic rings. The number of alkyl halides is 3. The average molecular weight is 415 g/mol. The molecule has 1 aliphatic heterocycles. The van der Waals surface area contributed by atoms with Crippen molar-refractivity contribution < 1.29 is 21.6 Å². The van der Waals surface area contributed by atoms with E-state index in [2.05, 4.69) is 29.5 Å². The molecule has 10 heteroatoms. The van der Waals surface area contributed by atoms with Crippen molar-refractivity contribution in [3.05, 3.63) is 0 Å². The molecule has 1 atom stereocenters. The maximum absolute atomic E-state index is 12.6. The Labute approximate surface area is 161 Å². The van der Waals surface area contributed by atoms with Crippen LogP contribution in [-0.2, 0) is 10.0 Å². The van der Waals surface area contributed by atoms with Crippen molar-refractivity contribution in [1.29, 1.82) is 0 Å².